The van der Waals surface area contributed by atoms with Crippen molar-refractivity contribution >= 4 is 19.7 Å². The van der Waals surface area contributed by atoms with Gasteiger partial charge in [0.25, 0.3) is 0 Å². The van der Waals surface area contributed by atoms with Gasteiger partial charge in [0.2, 0.25) is 5.91 Å². The lowest BCUT2D eigenvalue weighted by Gasteiger charge is -2.27. The maximum Gasteiger partial charge on any atom is 0.472 e. The minimum Gasteiger partial charge on any atom is -0.456 e. The summed E-state index contributed by atoms with van der Waals surface area (Å²) in [6, 6.07) is -0.842. The number of carbonyl (C=O) groups is 2. The van der Waals surface area contributed by atoms with Gasteiger partial charge in [0, 0.05) is 12.8 Å². The Balaban J connectivity index is 5.11. The summed E-state index contributed by atoms with van der Waals surface area (Å²) in [7, 11) is 1.51. The van der Waals surface area contributed by atoms with Crippen LogP contribution in [0.3, 0.4) is 0 Å². The molecule has 0 saturated heterocycles. The van der Waals surface area contributed by atoms with Crippen LogP contribution in [0.4, 0.5) is 0 Å². The molecule has 0 fully saturated rings. The number of phosphoric ester groups is 1. The molecule has 0 heterocycles. The van der Waals surface area contributed by atoms with E-state index in [0.717, 1.165) is 57.8 Å². The molecule has 2 N–H and O–H groups in total. The minimum absolute atomic E-state index is 0.0443. The number of phosphoric acid groups is 1. The summed E-state index contributed by atoms with van der Waals surface area (Å²) in [5.41, 5.74) is 0. The van der Waals surface area contributed by atoms with Crippen molar-refractivity contribution in [3.63, 3.8) is 0 Å². The van der Waals surface area contributed by atoms with Crippen molar-refractivity contribution in [3.05, 3.63) is 24.3 Å². The first kappa shape index (κ1) is 74.5. The molecule has 0 aliphatic carbocycles. The van der Waals surface area contributed by atoms with Crippen LogP contribution in [0, 0.1) is 0 Å². The summed E-state index contributed by atoms with van der Waals surface area (Å²) in [6.07, 6.45) is 67.5. The number of nitrogens with one attached hydrogen (secondary N) is 1. The maximum absolute atomic E-state index is 13.6. The van der Waals surface area contributed by atoms with Gasteiger partial charge in [0.1, 0.15) is 19.3 Å². The lowest BCUT2D eigenvalue weighted by molar-refractivity contribution is -0.870. The number of quaternary nitrogens is 1. The Hall–Kier alpha value is -1.51. The Bertz CT molecular complexity index is 1350. The van der Waals surface area contributed by atoms with E-state index in [-0.39, 0.29) is 25.1 Å². The van der Waals surface area contributed by atoms with Crippen molar-refractivity contribution in [3.8, 4) is 0 Å². The van der Waals surface area contributed by atoms with Gasteiger partial charge in [-0.1, -0.05) is 289 Å². The quantitative estimate of drug-likeness (QED) is 0.0205. The molecule has 0 aromatic carbocycles. The number of carbonyl (C=O) groups excluding carboxylic acids is 2. The van der Waals surface area contributed by atoms with Crippen LogP contribution in [0.15, 0.2) is 24.3 Å². The second-order valence-corrected chi connectivity index (χ2v) is 25.5. The molecular weight excluding hydrogens is 964 g/mol. The number of hydrogen-bond donors (Lipinski definition) is 2. The topological polar surface area (TPSA) is 111 Å². The summed E-state index contributed by atoms with van der Waals surface area (Å²) < 4.78 is 30.8. The Morgan fingerprint density at radius 2 is 0.763 bits per heavy atom. The first-order chi connectivity index (χ1) is 36.9. The van der Waals surface area contributed by atoms with Gasteiger partial charge in [-0.3, -0.25) is 18.6 Å². The second kappa shape index (κ2) is 56.8. The molecule has 10 heteroatoms. The van der Waals surface area contributed by atoms with E-state index in [2.05, 4.69) is 38.2 Å². The maximum atomic E-state index is 13.6. The largest absolute Gasteiger partial charge is 0.472 e. The van der Waals surface area contributed by atoms with E-state index < -0.39 is 20.0 Å². The Labute approximate surface area is 473 Å². The third-order valence-corrected chi connectivity index (χ3v) is 16.1. The van der Waals surface area contributed by atoms with Crippen molar-refractivity contribution in [1.29, 1.82) is 0 Å². The number of amides is 1. The fourth-order valence-electron chi connectivity index (χ4n) is 10.00. The number of hydrogen-bond acceptors (Lipinski definition) is 6. The van der Waals surface area contributed by atoms with Gasteiger partial charge >= 0.3 is 13.8 Å². The van der Waals surface area contributed by atoms with E-state index in [4.69, 9.17) is 13.8 Å². The van der Waals surface area contributed by atoms with E-state index in [1.807, 2.05) is 33.3 Å². The van der Waals surface area contributed by atoms with Crippen molar-refractivity contribution < 1.29 is 37.3 Å². The summed E-state index contributed by atoms with van der Waals surface area (Å²) in [5, 5.41) is 3.07. The SMILES string of the molecule is CCCCCCCC/C=C/CCCCCCCCCCCCCCCC(=O)NC(COP(=O)(O)OCC[N+](C)(C)C)C(/C=C\CCCCCCCCCCCCC)OC(=O)CCCCCCCCCCCCCCCC. The van der Waals surface area contributed by atoms with Gasteiger partial charge in [-0.2, -0.15) is 0 Å². The smallest absolute Gasteiger partial charge is 0.456 e. The van der Waals surface area contributed by atoms with E-state index in [0.29, 0.717) is 23.9 Å². The molecule has 9 nitrogen and oxygen atoms in total. The first-order valence-corrected chi connectivity index (χ1v) is 34.7. The van der Waals surface area contributed by atoms with Gasteiger partial charge in [0.05, 0.1) is 33.8 Å². The highest BCUT2D eigenvalue weighted by Gasteiger charge is 2.30. The van der Waals surface area contributed by atoms with E-state index in [9.17, 15) is 19.0 Å². The predicted molar refractivity (Wildman–Crippen MR) is 328 cm³/mol. The fourth-order valence-corrected chi connectivity index (χ4v) is 10.7. The molecule has 0 aromatic rings. The molecule has 3 unspecified atom stereocenters. The van der Waals surface area contributed by atoms with Crippen LogP contribution in [-0.4, -0.2) is 74.3 Å². The molecule has 0 aromatic heterocycles. The highest BCUT2D eigenvalue weighted by Crippen LogP contribution is 2.43. The molecule has 0 aliphatic heterocycles. The predicted octanol–water partition coefficient (Wildman–Crippen LogP) is 20.5. The minimum atomic E-state index is -4.44. The Morgan fingerprint density at radius 1 is 0.447 bits per heavy atom. The summed E-state index contributed by atoms with van der Waals surface area (Å²) in [5.74, 6) is -0.486. The highest BCUT2D eigenvalue weighted by molar-refractivity contribution is 7.47. The third kappa shape index (κ3) is 57.2. The molecule has 0 spiro atoms. The van der Waals surface area contributed by atoms with E-state index in [1.54, 1.807) is 0 Å². The Kier molecular flexibility index (Phi) is 55.6. The molecular formula is C66H130N2O7P+. The lowest BCUT2D eigenvalue weighted by atomic mass is 10.0. The van der Waals surface area contributed by atoms with Gasteiger partial charge in [-0.15, -0.1) is 0 Å². The molecule has 1 amide bonds. The molecule has 0 radical (unpaired) electrons. The van der Waals surface area contributed by atoms with Gasteiger partial charge in [-0.25, -0.2) is 4.57 Å². The van der Waals surface area contributed by atoms with E-state index >= 15 is 0 Å². The summed E-state index contributed by atoms with van der Waals surface area (Å²) in [4.78, 5) is 37.8. The van der Waals surface area contributed by atoms with Crippen molar-refractivity contribution in [1.82, 2.24) is 5.32 Å². The van der Waals surface area contributed by atoms with Crippen LogP contribution < -0.4 is 5.32 Å². The fraction of sp³-hybridized carbons (Fsp3) is 0.909. The van der Waals surface area contributed by atoms with Crippen LogP contribution >= 0.6 is 7.82 Å². The molecule has 0 rings (SSSR count). The monoisotopic (exact) mass is 1090 g/mol. The second-order valence-electron chi connectivity index (χ2n) is 24.0. The normalized spacial score (nSPS) is 13.7. The lowest BCUT2D eigenvalue weighted by Crippen LogP contribution is -2.47. The van der Waals surface area contributed by atoms with E-state index in [1.165, 1.54) is 244 Å². The van der Waals surface area contributed by atoms with Crippen molar-refractivity contribution in [2.24, 2.45) is 0 Å². The van der Waals surface area contributed by atoms with Gasteiger partial charge in [0.15, 0.2) is 0 Å². The van der Waals surface area contributed by atoms with Crippen LogP contribution in [-0.2, 0) is 27.9 Å². The first-order valence-electron chi connectivity index (χ1n) is 33.2. The third-order valence-electron chi connectivity index (χ3n) is 15.1. The van der Waals surface area contributed by atoms with Gasteiger partial charge < -0.3 is 19.4 Å². The average molecular weight is 1090 g/mol. The van der Waals surface area contributed by atoms with Crippen LogP contribution in [0.5, 0.6) is 0 Å². The highest BCUT2D eigenvalue weighted by atomic mass is 31.2. The van der Waals surface area contributed by atoms with Crippen LogP contribution in [0.25, 0.3) is 0 Å². The summed E-state index contributed by atoms with van der Waals surface area (Å²) in [6.45, 7) is 7.06. The number of likely N-dealkylation sites (N-methyl/N-ethyl adjacent to an activating group) is 1. The van der Waals surface area contributed by atoms with Gasteiger partial charge in [-0.05, 0) is 57.4 Å². The number of allylic oxidation sites excluding steroid dienone is 3. The Morgan fingerprint density at radius 3 is 1.12 bits per heavy atom. The summed E-state index contributed by atoms with van der Waals surface area (Å²) >= 11 is 0. The number of ether oxygens (including phenoxy) is 1. The van der Waals surface area contributed by atoms with Crippen LogP contribution in [0.2, 0.25) is 0 Å². The average Bonchev–Trinajstić information content (AvgIpc) is 3.38. The van der Waals surface area contributed by atoms with Crippen molar-refractivity contribution in [2.45, 2.75) is 348 Å². The number of nitrogens with zero attached hydrogens (tertiary/aromatic N) is 1. The molecule has 450 valence electrons. The number of rotatable bonds is 61. The van der Waals surface area contributed by atoms with Crippen molar-refractivity contribution in [2.75, 3.05) is 40.9 Å². The molecule has 76 heavy (non-hydrogen) atoms. The molecule has 0 saturated carbocycles. The molecule has 0 aliphatic rings. The number of unbranched alkanes of at least 4 members (excludes halogenated alkanes) is 43. The zero-order valence-electron chi connectivity index (χ0n) is 51.5. The number of esters is 1. The standard InChI is InChI=1S/C66H129N2O7P/c1-7-10-13-16-19-22-25-28-30-31-32-33-34-35-36-37-38-40-43-46-49-52-55-58-65(69)67-63(62-74-76(71,72)73-61-60-68(4,5)6)64(57-54-51-48-45-42-39-27-24-21-18-15-12-9-3)75-66(70)59-56-53-50-47-44-41-29-26-23-20-17-14-11-8-2/h28,30,54,57,63-64H,7-27,29,31-53,55-56,58-62H2,1-6H3,(H-,67,69,71,72)/p+1/b30-28+,57-54-. The zero-order valence-corrected chi connectivity index (χ0v) is 52.4. The van der Waals surface area contributed by atoms with Crippen LogP contribution in [0.1, 0.15) is 335 Å². The zero-order chi connectivity index (χ0) is 55.7. The molecule has 3 atom stereocenters. The molecule has 0 bridgehead atoms.